The van der Waals surface area contributed by atoms with E-state index in [-0.39, 0.29) is 6.10 Å². The van der Waals surface area contributed by atoms with Gasteiger partial charge in [0.1, 0.15) is 5.75 Å². The maximum atomic E-state index is 6.18. The van der Waals surface area contributed by atoms with Crippen LogP contribution >= 0.6 is 15.9 Å². The summed E-state index contributed by atoms with van der Waals surface area (Å²) in [6.45, 7) is 4.43. The van der Waals surface area contributed by atoms with Gasteiger partial charge < -0.3 is 4.74 Å². The number of unbranched alkanes of at least 4 members (excludes halogenated alkanes) is 3. The molecule has 164 valence electrons. The Morgan fingerprint density at radius 2 is 1.67 bits per heavy atom. The van der Waals surface area contributed by atoms with Crippen LogP contribution in [-0.4, -0.2) is 6.10 Å². The summed E-state index contributed by atoms with van der Waals surface area (Å²) in [6, 6.07) is 15.7. The lowest BCUT2D eigenvalue weighted by molar-refractivity contribution is 0.205. The van der Waals surface area contributed by atoms with Crippen molar-refractivity contribution in [3.8, 4) is 16.9 Å². The van der Waals surface area contributed by atoms with E-state index >= 15 is 0 Å². The highest BCUT2D eigenvalue weighted by atomic mass is 79.9. The third-order valence-corrected chi connectivity index (χ3v) is 7.20. The van der Waals surface area contributed by atoms with Gasteiger partial charge in [0, 0.05) is 0 Å². The summed E-state index contributed by atoms with van der Waals surface area (Å²) in [4.78, 5) is 0. The van der Waals surface area contributed by atoms with Gasteiger partial charge in [-0.1, -0.05) is 88.6 Å². The molecule has 0 saturated heterocycles. The summed E-state index contributed by atoms with van der Waals surface area (Å²) in [5.41, 5.74) is 3.99. The van der Waals surface area contributed by atoms with Crippen molar-refractivity contribution in [2.45, 2.75) is 97.0 Å². The quantitative estimate of drug-likeness (QED) is 0.297. The zero-order valence-electron chi connectivity index (χ0n) is 19.0. The Labute approximate surface area is 192 Å². The smallest absolute Gasteiger partial charge is 0.133 e. The van der Waals surface area contributed by atoms with Crippen molar-refractivity contribution in [1.29, 1.82) is 0 Å². The molecule has 0 amide bonds. The normalized spacial score (nSPS) is 15.8. The lowest BCUT2D eigenvalue weighted by Crippen LogP contribution is -2.11. The van der Waals surface area contributed by atoms with E-state index in [2.05, 4.69) is 72.2 Å². The van der Waals surface area contributed by atoms with Gasteiger partial charge in [-0.2, -0.15) is 0 Å². The van der Waals surface area contributed by atoms with Gasteiger partial charge in [-0.15, -0.1) is 0 Å². The van der Waals surface area contributed by atoms with E-state index < -0.39 is 0 Å². The fourth-order valence-electron chi connectivity index (χ4n) is 4.62. The summed E-state index contributed by atoms with van der Waals surface area (Å²) in [5, 5.41) is 0. The van der Waals surface area contributed by atoms with Crippen molar-refractivity contribution in [3.63, 3.8) is 0 Å². The summed E-state index contributed by atoms with van der Waals surface area (Å²) in [5.74, 6) is 1.90. The third-order valence-electron chi connectivity index (χ3n) is 6.58. The molecule has 30 heavy (non-hydrogen) atoms. The molecule has 1 saturated carbocycles. The average molecular weight is 472 g/mol. The van der Waals surface area contributed by atoms with Crippen LogP contribution in [0.5, 0.6) is 5.75 Å². The van der Waals surface area contributed by atoms with Crippen molar-refractivity contribution < 1.29 is 4.74 Å². The van der Waals surface area contributed by atoms with Crippen LogP contribution < -0.4 is 4.74 Å². The molecule has 1 fully saturated rings. The van der Waals surface area contributed by atoms with E-state index in [0.717, 1.165) is 22.6 Å². The SMILES string of the molecule is CCCCCC[C@@H](C)Oc1ccc(-c2ccc(CCC3CCCCC3)cc2)cc1Br. The van der Waals surface area contributed by atoms with E-state index in [1.807, 2.05) is 0 Å². The molecule has 1 aliphatic rings. The van der Waals surface area contributed by atoms with Gasteiger partial charge in [-0.3, -0.25) is 0 Å². The standard InChI is InChI=1S/C28H39BrO/c1-3-4-5-7-10-22(2)30-28-20-19-26(21-27(28)29)25-17-15-24(16-18-25)14-13-23-11-8-6-9-12-23/h15-23H,3-14H2,1-2H3/t22-/m1/s1. The molecular formula is C28H39BrO. The van der Waals surface area contributed by atoms with E-state index in [9.17, 15) is 0 Å². The molecule has 0 N–H and O–H groups in total. The molecule has 0 bridgehead atoms. The number of benzene rings is 2. The Morgan fingerprint density at radius 1 is 0.933 bits per heavy atom. The topological polar surface area (TPSA) is 9.23 Å². The van der Waals surface area contributed by atoms with Crippen LogP contribution in [0.25, 0.3) is 11.1 Å². The predicted octanol–water partition coefficient (Wildman–Crippen LogP) is 9.37. The zero-order chi connectivity index (χ0) is 21.2. The van der Waals surface area contributed by atoms with E-state index in [1.165, 1.54) is 87.3 Å². The second kappa shape index (κ2) is 12.5. The molecule has 0 unspecified atom stereocenters. The van der Waals surface area contributed by atoms with Crippen molar-refractivity contribution in [2.24, 2.45) is 5.92 Å². The number of hydrogen-bond donors (Lipinski definition) is 0. The molecule has 1 nitrogen and oxygen atoms in total. The molecule has 1 aliphatic carbocycles. The molecule has 3 rings (SSSR count). The molecule has 2 aromatic rings. The summed E-state index contributed by atoms with van der Waals surface area (Å²) in [7, 11) is 0. The van der Waals surface area contributed by atoms with Crippen molar-refractivity contribution in [3.05, 3.63) is 52.5 Å². The van der Waals surface area contributed by atoms with Gasteiger partial charge in [0.2, 0.25) is 0 Å². The van der Waals surface area contributed by atoms with Crippen molar-refractivity contribution >= 4 is 15.9 Å². The molecule has 2 heteroatoms. The Bertz CT molecular complexity index is 746. The molecule has 0 spiro atoms. The predicted molar refractivity (Wildman–Crippen MR) is 133 cm³/mol. The molecule has 2 aromatic carbocycles. The zero-order valence-corrected chi connectivity index (χ0v) is 20.6. The average Bonchev–Trinajstić information content (AvgIpc) is 2.78. The van der Waals surface area contributed by atoms with Gasteiger partial charge in [-0.05, 0) is 83.3 Å². The van der Waals surface area contributed by atoms with Crippen LogP contribution in [0, 0.1) is 5.92 Å². The lowest BCUT2D eigenvalue weighted by atomic mass is 9.85. The molecule has 1 atom stereocenters. The van der Waals surface area contributed by atoms with Crippen molar-refractivity contribution in [2.75, 3.05) is 0 Å². The Morgan fingerprint density at radius 3 is 2.37 bits per heavy atom. The number of hydrogen-bond acceptors (Lipinski definition) is 1. The fraction of sp³-hybridized carbons (Fsp3) is 0.571. The highest BCUT2D eigenvalue weighted by molar-refractivity contribution is 9.10. The van der Waals surface area contributed by atoms with Gasteiger partial charge in [0.15, 0.2) is 0 Å². The number of ether oxygens (including phenoxy) is 1. The largest absolute Gasteiger partial charge is 0.490 e. The molecule has 0 heterocycles. The van der Waals surface area contributed by atoms with Gasteiger partial charge in [0.25, 0.3) is 0 Å². The van der Waals surface area contributed by atoms with Crippen LogP contribution in [0.4, 0.5) is 0 Å². The van der Waals surface area contributed by atoms with Crippen LogP contribution in [0.1, 0.15) is 90.0 Å². The summed E-state index contributed by atoms with van der Waals surface area (Å²) in [6.07, 6.45) is 16.3. The van der Waals surface area contributed by atoms with E-state index in [0.29, 0.717) is 0 Å². The first-order chi connectivity index (χ1) is 14.7. The maximum absolute atomic E-state index is 6.18. The molecule has 0 aliphatic heterocycles. The number of rotatable bonds is 11. The Hall–Kier alpha value is -1.28. The number of halogens is 1. The first-order valence-electron chi connectivity index (χ1n) is 12.2. The van der Waals surface area contributed by atoms with E-state index in [4.69, 9.17) is 4.74 Å². The Kier molecular flexibility index (Phi) is 9.78. The van der Waals surface area contributed by atoms with Gasteiger partial charge in [0.05, 0.1) is 10.6 Å². The Balaban J connectivity index is 1.52. The second-order valence-electron chi connectivity index (χ2n) is 9.16. The first-order valence-corrected chi connectivity index (χ1v) is 13.0. The minimum absolute atomic E-state index is 0.257. The third kappa shape index (κ3) is 7.45. The highest BCUT2D eigenvalue weighted by Crippen LogP contribution is 2.32. The minimum atomic E-state index is 0.257. The minimum Gasteiger partial charge on any atom is -0.490 e. The first kappa shape index (κ1) is 23.4. The maximum Gasteiger partial charge on any atom is 0.133 e. The highest BCUT2D eigenvalue weighted by Gasteiger charge is 2.13. The monoisotopic (exact) mass is 470 g/mol. The molecule has 0 aromatic heterocycles. The van der Waals surface area contributed by atoms with Gasteiger partial charge in [-0.25, -0.2) is 0 Å². The van der Waals surface area contributed by atoms with E-state index in [1.54, 1.807) is 0 Å². The van der Waals surface area contributed by atoms with Crippen LogP contribution in [0.3, 0.4) is 0 Å². The molecular weight excluding hydrogens is 432 g/mol. The van der Waals surface area contributed by atoms with Crippen LogP contribution in [0.15, 0.2) is 46.9 Å². The second-order valence-corrected chi connectivity index (χ2v) is 10.0. The fourth-order valence-corrected chi connectivity index (χ4v) is 5.09. The lowest BCUT2D eigenvalue weighted by Gasteiger charge is -2.21. The van der Waals surface area contributed by atoms with Crippen LogP contribution in [-0.2, 0) is 6.42 Å². The summed E-state index contributed by atoms with van der Waals surface area (Å²) >= 11 is 3.72. The van der Waals surface area contributed by atoms with Crippen LogP contribution in [0.2, 0.25) is 0 Å². The molecule has 0 radical (unpaired) electrons. The number of aryl methyl sites for hydroxylation is 1. The van der Waals surface area contributed by atoms with Crippen molar-refractivity contribution in [1.82, 2.24) is 0 Å². The summed E-state index contributed by atoms with van der Waals surface area (Å²) < 4.78 is 7.22. The van der Waals surface area contributed by atoms with Gasteiger partial charge >= 0.3 is 0 Å².